The van der Waals surface area contributed by atoms with Crippen molar-refractivity contribution in [1.82, 2.24) is 9.62 Å². The molecule has 128 valence electrons. The highest BCUT2D eigenvalue weighted by atomic mass is 32.2. The number of hydrogen-bond donors (Lipinski definition) is 1. The Morgan fingerprint density at radius 2 is 2.17 bits per heavy atom. The zero-order valence-electron chi connectivity index (χ0n) is 13.7. The number of sulfonamides is 1. The van der Waals surface area contributed by atoms with Crippen molar-refractivity contribution in [2.24, 2.45) is 0 Å². The molecule has 1 aromatic rings. The first kappa shape index (κ1) is 17.7. The van der Waals surface area contributed by atoms with Gasteiger partial charge in [0.15, 0.2) is 0 Å². The third-order valence-corrected chi connectivity index (χ3v) is 5.00. The van der Waals surface area contributed by atoms with Crippen LogP contribution in [-0.2, 0) is 27.8 Å². The lowest BCUT2D eigenvalue weighted by Crippen LogP contribution is -2.31. The van der Waals surface area contributed by atoms with Gasteiger partial charge in [0, 0.05) is 31.6 Å². The highest BCUT2D eigenvalue weighted by molar-refractivity contribution is 7.88. The first-order valence-electron chi connectivity index (χ1n) is 7.86. The number of amides is 1. The maximum Gasteiger partial charge on any atom is 0.220 e. The van der Waals surface area contributed by atoms with Gasteiger partial charge in [-0.3, -0.25) is 4.79 Å². The lowest BCUT2D eigenvalue weighted by Gasteiger charge is -2.16. The standard InChI is InChI=1S/C16H24N2O4S/c1-3-8-17-16(19)7-5-13-4-6-15-14(11-13)12-18(9-10-22-15)23(2,20)21/h4,6,11H,3,5,7-10,12H2,1-2H3,(H,17,19). The van der Waals surface area contributed by atoms with Crippen LogP contribution in [0.1, 0.15) is 30.9 Å². The second kappa shape index (κ2) is 7.79. The van der Waals surface area contributed by atoms with Gasteiger partial charge < -0.3 is 10.1 Å². The Morgan fingerprint density at radius 3 is 2.87 bits per heavy atom. The van der Waals surface area contributed by atoms with Crippen LogP contribution in [0.25, 0.3) is 0 Å². The van der Waals surface area contributed by atoms with Crippen LogP contribution in [0.15, 0.2) is 18.2 Å². The number of nitrogens with one attached hydrogen (secondary N) is 1. The number of fused-ring (bicyclic) bond motifs is 1. The van der Waals surface area contributed by atoms with Gasteiger partial charge in [0.1, 0.15) is 12.4 Å². The number of hydrogen-bond acceptors (Lipinski definition) is 4. The van der Waals surface area contributed by atoms with Crippen LogP contribution in [0.4, 0.5) is 0 Å². The summed E-state index contributed by atoms with van der Waals surface area (Å²) < 4.78 is 30.6. The van der Waals surface area contributed by atoms with E-state index in [4.69, 9.17) is 4.74 Å². The molecule has 0 atom stereocenters. The van der Waals surface area contributed by atoms with Crippen LogP contribution < -0.4 is 10.1 Å². The Balaban J connectivity index is 2.06. The fraction of sp³-hybridized carbons (Fsp3) is 0.562. The topological polar surface area (TPSA) is 75.7 Å². The van der Waals surface area contributed by atoms with E-state index in [0.717, 1.165) is 23.3 Å². The number of ether oxygens (including phenoxy) is 1. The molecule has 0 aromatic heterocycles. The Kier molecular flexibility index (Phi) is 6.01. The van der Waals surface area contributed by atoms with Gasteiger partial charge >= 0.3 is 0 Å². The van der Waals surface area contributed by atoms with Crippen molar-refractivity contribution in [2.75, 3.05) is 26.0 Å². The summed E-state index contributed by atoms with van der Waals surface area (Å²) in [4.78, 5) is 11.7. The molecule has 1 aliphatic heterocycles. The Bertz CT molecular complexity index is 658. The minimum absolute atomic E-state index is 0.0378. The summed E-state index contributed by atoms with van der Waals surface area (Å²) in [6.45, 7) is 3.71. The molecule has 0 saturated carbocycles. The predicted octanol–water partition coefficient (Wildman–Crippen LogP) is 1.30. The first-order chi connectivity index (χ1) is 10.9. The van der Waals surface area contributed by atoms with Gasteiger partial charge in [0.2, 0.25) is 15.9 Å². The summed E-state index contributed by atoms with van der Waals surface area (Å²) in [6.07, 6.45) is 3.18. The lowest BCUT2D eigenvalue weighted by atomic mass is 10.1. The molecule has 0 unspecified atom stereocenters. The predicted molar refractivity (Wildman–Crippen MR) is 88.8 cm³/mol. The number of nitrogens with zero attached hydrogens (tertiary/aromatic N) is 1. The van der Waals surface area contributed by atoms with E-state index in [2.05, 4.69) is 5.32 Å². The second-order valence-electron chi connectivity index (χ2n) is 5.74. The summed E-state index contributed by atoms with van der Waals surface area (Å²) >= 11 is 0. The SMILES string of the molecule is CCCNC(=O)CCc1ccc2c(c1)CN(S(C)(=O)=O)CCO2. The van der Waals surface area contributed by atoms with Gasteiger partial charge in [-0.25, -0.2) is 8.42 Å². The van der Waals surface area contributed by atoms with E-state index in [9.17, 15) is 13.2 Å². The highest BCUT2D eigenvalue weighted by Crippen LogP contribution is 2.25. The lowest BCUT2D eigenvalue weighted by molar-refractivity contribution is -0.121. The maximum atomic E-state index is 11.8. The minimum atomic E-state index is -3.25. The first-order valence-corrected chi connectivity index (χ1v) is 9.71. The van der Waals surface area contributed by atoms with E-state index >= 15 is 0 Å². The van der Waals surface area contributed by atoms with E-state index in [-0.39, 0.29) is 5.91 Å². The molecule has 7 heteroatoms. The van der Waals surface area contributed by atoms with Crippen molar-refractivity contribution in [3.63, 3.8) is 0 Å². The summed E-state index contributed by atoms with van der Waals surface area (Å²) in [7, 11) is -3.25. The van der Waals surface area contributed by atoms with Crippen LogP contribution in [0.5, 0.6) is 5.75 Å². The molecule has 0 radical (unpaired) electrons. The van der Waals surface area contributed by atoms with Crippen molar-refractivity contribution < 1.29 is 17.9 Å². The quantitative estimate of drug-likeness (QED) is 0.847. The summed E-state index contributed by atoms with van der Waals surface area (Å²) in [6, 6.07) is 5.73. The number of rotatable bonds is 6. The molecule has 1 N–H and O–H groups in total. The molecule has 6 nitrogen and oxygen atoms in total. The van der Waals surface area contributed by atoms with E-state index in [1.165, 1.54) is 10.6 Å². The molecule has 0 fully saturated rings. The van der Waals surface area contributed by atoms with E-state index in [0.29, 0.717) is 39.1 Å². The van der Waals surface area contributed by atoms with Gasteiger partial charge in [0.05, 0.1) is 6.26 Å². The zero-order chi connectivity index (χ0) is 16.9. The molecule has 23 heavy (non-hydrogen) atoms. The monoisotopic (exact) mass is 340 g/mol. The normalized spacial score (nSPS) is 15.4. The van der Waals surface area contributed by atoms with Crippen LogP contribution in [0.3, 0.4) is 0 Å². The van der Waals surface area contributed by atoms with E-state index < -0.39 is 10.0 Å². The van der Waals surface area contributed by atoms with E-state index in [1.54, 1.807) is 0 Å². The fourth-order valence-electron chi connectivity index (χ4n) is 2.47. The summed E-state index contributed by atoms with van der Waals surface area (Å²) in [5.41, 5.74) is 1.86. The van der Waals surface area contributed by atoms with Crippen LogP contribution >= 0.6 is 0 Å². The van der Waals surface area contributed by atoms with Crippen molar-refractivity contribution in [1.29, 1.82) is 0 Å². The second-order valence-corrected chi connectivity index (χ2v) is 7.72. The third-order valence-electron chi connectivity index (χ3n) is 3.75. The molecule has 1 amide bonds. The molecule has 0 spiro atoms. The van der Waals surface area contributed by atoms with Gasteiger partial charge in [-0.2, -0.15) is 4.31 Å². The van der Waals surface area contributed by atoms with Gasteiger partial charge in [-0.15, -0.1) is 0 Å². The maximum absolute atomic E-state index is 11.8. The van der Waals surface area contributed by atoms with Gasteiger partial charge in [-0.1, -0.05) is 19.1 Å². The third kappa shape index (κ3) is 5.21. The van der Waals surface area contributed by atoms with Crippen molar-refractivity contribution in [2.45, 2.75) is 32.7 Å². The van der Waals surface area contributed by atoms with Crippen LogP contribution in [0.2, 0.25) is 0 Å². The van der Waals surface area contributed by atoms with Crippen LogP contribution in [0, 0.1) is 0 Å². The highest BCUT2D eigenvalue weighted by Gasteiger charge is 2.22. The van der Waals surface area contributed by atoms with Crippen LogP contribution in [-0.4, -0.2) is 44.6 Å². The average Bonchev–Trinajstić information content (AvgIpc) is 2.72. The molecule has 1 aromatic carbocycles. The number of benzene rings is 1. The smallest absolute Gasteiger partial charge is 0.220 e. The molecular weight excluding hydrogens is 316 g/mol. The summed E-state index contributed by atoms with van der Waals surface area (Å²) in [5, 5.41) is 2.85. The molecule has 1 heterocycles. The average molecular weight is 340 g/mol. The molecule has 0 bridgehead atoms. The number of carbonyl (C=O) groups excluding carboxylic acids is 1. The Morgan fingerprint density at radius 1 is 1.39 bits per heavy atom. The molecular formula is C16H24N2O4S. The summed E-state index contributed by atoms with van der Waals surface area (Å²) in [5.74, 6) is 0.756. The fourth-order valence-corrected chi connectivity index (χ4v) is 3.25. The van der Waals surface area contributed by atoms with Gasteiger partial charge in [0.25, 0.3) is 0 Å². The molecule has 0 saturated heterocycles. The molecule has 1 aliphatic rings. The Labute approximate surface area is 137 Å². The van der Waals surface area contributed by atoms with E-state index in [1.807, 2.05) is 25.1 Å². The Hall–Kier alpha value is -1.60. The largest absolute Gasteiger partial charge is 0.492 e. The van der Waals surface area contributed by atoms with Gasteiger partial charge in [-0.05, 0) is 24.5 Å². The van der Waals surface area contributed by atoms with Crippen molar-refractivity contribution in [3.8, 4) is 5.75 Å². The minimum Gasteiger partial charge on any atom is -0.492 e. The molecule has 0 aliphatic carbocycles. The van der Waals surface area contributed by atoms with Crippen molar-refractivity contribution in [3.05, 3.63) is 29.3 Å². The number of aryl methyl sites for hydroxylation is 1. The number of carbonyl (C=O) groups is 1. The molecule has 2 rings (SSSR count). The zero-order valence-corrected chi connectivity index (χ0v) is 14.5. The van der Waals surface area contributed by atoms with Crippen molar-refractivity contribution >= 4 is 15.9 Å².